The molecule has 5 heteroatoms. The van der Waals surface area contributed by atoms with Gasteiger partial charge in [0.2, 0.25) is 0 Å². The Kier molecular flexibility index (Phi) is 7.82. The van der Waals surface area contributed by atoms with E-state index in [1.165, 1.54) is 19.3 Å². The average Bonchev–Trinajstić information content (AvgIpc) is 2.62. The molecule has 0 amide bonds. The number of likely N-dealkylation sites (tertiary alicyclic amines) is 1. The van der Waals surface area contributed by atoms with Crippen molar-refractivity contribution >= 4 is 0 Å². The number of hydrogen-bond acceptors (Lipinski definition) is 5. The first-order chi connectivity index (χ1) is 11.7. The van der Waals surface area contributed by atoms with Gasteiger partial charge in [0.25, 0.3) is 0 Å². The normalized spacial score (nSPS) is 19.9. The van der Waals surface area contributed by atoms with Crippen LogP contribution in [0.15, 0.2) is 18.2 Å². The fourth-order valence-corrected chi connectivity index (χ4v) is 3.37. The Balaban J connectivity index is 1.77. The molecule has 24 heavy (non-hydrogen) atoms. The topological polar surface area (TPSA) is 51.2 Å². The summed E-state index contributed by atoms with van der Waals surface area (Å²) in [7, 11) is 3.24. The van der Waals surface area contributed by atoms with Gasteiger partial charge in [0, 0.05) is 12.6 Å². The molecule has 0 bridgehead atoms. The maximum atomic E-state index is 10.3. The van der Waals surface area contributed by atoms with Crippen LogP contribution in [0.5, 0.6) is 11.5 Å². The van der Waals surface area contributed by atoms with E-state index in [0.717, 1.165) is 18.5 Å². The number of hydrogen-bond donors (Lipinski definition) is 1. The van der Waals surface area contributed by atoms with Crippen molar-refractivity contribution in [3.63, 3.8) is 0 Å². The smallest absolute Gasteiger partial charge is 0.161 e. The van der Waals surface area contributed by atoms with Gasteiger partial charge in [0.1, 0.15) is 0 Å². The van der Waals surface area contributed by atoms with Gasteiger partial charge < -0.3 is 19.3 Å². The summed E-state index contributed by atoms with van der Waals surface area (Å²) in [6.45, 7) is 4.81. The van der Waals surface area contributed by atoms with Gasteiger partial charge in [-0.1, -0.05) is 19.4 Å². The summed E-state index contributed by atoms with van der Waals surface area (Å²) in [5.74, 6) is 1.40. The quantitative estimate of drug-likeness (QED) is 0.751. The number of nitrogens with zero attached hydrogens (tertiary/aromatic N) is 1. The third-order valence-electron chi connectivity index (χ3n) is 4.69. The highest BCUT2D eigenvalue weighted by molar-refractivity contribution is 5.42. The third kappa shape index (κ3) is 5.36. The minimum absolute atomic E-state index is 0.348. The molecule has 0 radical (unpaired) electrons. The van der Waals surface area contributed by atoms with E-state index in [4.69, 9.17) is 14.2 Å². The second-order valence-corrected chi connectivity index (χ2v) is 6.41. The minimum Gasteiger partial charge on any atom is -0.493 e. The minimum atomic E-state index is -0.447. The number of aliphatic hydroxyl groups is 1. The molecule has 1 heterocycles. The van der Waals surface area contributed by atoms with Crippen molar-refractivity contribution in [1.82, 2.24) is 4.90 Å². The number of benzene rings is 1. The van der Waals surface area contributed by atoms with Crippen LogP contribution in [-0.2, 0) is 11.3 Å². The van der Waals surface area contributed by atoms with Gasteiger partial charge in [-0.3, -0.25) is 4.90 Å². The Hall–Kier alpha value is -1.30. The van der Waals surface area contributed by atoms with E-state index < -0.39 is 6.10 Å². The van der Waals surface area contributed by atoms with Crippen molar-refractivity contribution in [1.29, 1.82) is 0 Å². The molecule has 2 unspecified atom stereocenters. The molecule has 5 nitrogen and oxygen atoms in total. The highest BCUT2D eigenvalue weighted by atomic mass is 16.5. The number of rotatable bonds is 9. The molecular weight excluding hydrogens is 306 g/mol. The molecule has 0 aromatic heterocycles. The highest BCUT2D eigenvalue weighted by Crippen LogP contribution is 2.27. The second-order valence-electron chi connectivity index (χ2n) is 6.41. The van der Waals surface area contributed by atoms with Crippen molar-refractivity contribution in [2.45, 2.75) is 51.4 Å². The largest absolute Gasteiger partial charge is 0.493 e. The molecule has 2 rings (SSSR count). The summed E-state index contributed by atoms with van der Waals surface area (Å²) in [6.07, 6.45) is 4.49. The number of aliphatic hydroxyl groups excluding tert-OH is 1. The van der Waals surface area contributed by atoms with E-state index in [9.17, 15) is 5.11 Å². The van der Waals surface area contributed by atoms with E-state index in [2.05, 4.69) is 11.8 Å². The van der Waals surface area contributed by atoms with Crippen LogP contribution in [0.1, 0.15) is 38.2 Å². The van der Waals surface area contributed by atoms with Crippen molar-refractivity contribution in [3.8, 4) is 11.5 Å². The maximum absolute atomic E-state index is 10.3. The van der Waals surface area contributed by atoms with Crippen LogP contribution in [0.25, 0.3) is 0 Å². The maximum Gasteiger partial charge on any atom is 0.161 e. The predicted octanol–water partition coefficient (Wildman–Crippen LogP) is 2.85. The van der Waals surface area contributed by atoms with Gasteiger partial charge >= 0.3 is 0 Å². The van der Waals surface area contributed by atoms with Crippen LogP contribution in [-0.4, -0.2) is 56.1 Å². The average molecular weight is 337 g/mol. The molecule has 1 aliphatic rings. The number of ether oxygens (including phenoxy) is 3. The Morgan fingerprint density at radius 1 is 1.21 bits per heavy atom. The zero-order valence-electron chi connectivity index (χ0n) is 15.2. The fraction of sp³-hybridized carbons (Fsp3) is 0.684. The molecule has 1 aliphatic heterocycles. The summed E-state index contributed by atoms with van der Waals surface area (Å²) in [4.78, 5) is 2.41. The lowest BCUT2D eigenvalue weighted by Crippen LogP contribution is -2.44. The lowest BCUT2D eigenvalue weighted by Gasteiger charge is -2.36. The first-order valence-electron chi connectivity index (χ1n) is 8.88. The fourth-order valence-electron chi connectivity index (χ4n) is 3.37. The molecule has 1 aromatic carbocycles. The Labute approximate surface area is 145 Å². The highest BCUT2D eigenvalue weighted by Gasteiger charge is 2.22. The molecule has 0 saturated carbocycles. The van der Waals surface area contributed by atoms with E-state index in [1.807, 2.05) is 18.2 Å². The Bertz CT molecular complexity index is 494. The van der Waals surface area contributed by atoms with Gasteiger partial charge in [-0.05, 0) is 43.5 Å². The lowest BCUT2D eigenvalue weighted by molar-refractivity contribution is -0.00380. The molecule has 0 spiro atoms. The molecule has 1 fully saturated rings. The summed E-state index contributed by atoms with van der Waals surface area (Å²) >= 11 is 0. The molecule has 1 saturated heterocycles. The number of piperidine rings is 1. The van der Waals surface area contributed by atoms with Crippen LogP contribution < -0.4 is 9.47 Å². The van der Waals surface area contributed by atoms with Crippen LogP contribution >= 0.6 is 0 Å². The van der Waals surface area contributed by atoms with Crippen molar-refractivity contribution in [3.05, 3.63) is 23.8 Å². The first-order valence-corrected chi connectivity index (χ1v) is 8.88. The van der Waals surface area contributed by atoms with E-state index >= 15 is 0 Å². The lowest BCUT2D eigenvalue weighted by atomic mass is 10.00. The van der Waals surface area contributed by atoms with Crippen LogP contribution in [0.3, 0.4) is 0 Å². The third-order valence-corrected chi connectivity index (χ3v) is 4.69. The summed E-state index contributed by atoms with van der Waals surface area (Å²) < 4.78 is 16.2. The monoisotopic (exact) mass is 337 g/mol. The number of β-amino-alcohol motifs (C(OH)–C–C–N with tert-alkyl or cyclic N) is 1. The standard InChI is InChI=1S/C19H31NO4/c1-4-16-7-5-6-10-20(16)12-17(21)14-24-13-15-8-9-18(22-2)19(11-15)23-3/h8-9,11,16-17,21H,4-7,10,12-14H2,1-3H3. The van der Waals surface area contributed by atoms with Crippen LogP contribution in [0, 0.1) is 0 Å². The Morgan fingerprint density at radius 2 is 2.00 bits per heavy atom. The van der Waals surface area contributed by atoms with E-state index in [0.29, 0.717) is 37.3 Å². The van der Waals surface area contributed by atoms with Crippen molar-refractivity contribution in [2.24, 2.45) is 0 Å². The van der Waals surface area contributed by atoms with Gasteiger partial charge in [-0.15, -0.1) is 0 Å². The van der Waals surface area contributed by atoms with E-state index in [1.54, 1.807) is 14.2 Å². The van der Waals surface area contributed by atoms with Gasteiger partial charge in [0.05, 0.1) is 33.5 Å². The molecule has 136 valence electrons. The summed E-state index contributed by atoms with van der Waals surface area (Å²) in [5, 5.41) is 10.3. The van der Waals surface area contributed by atoms with Crippen molar-refractivity contribution in [2.75, 3.05) is 33.9 Å². The van der Waals surface area contributed by atoms with Crippen LogP contribution in [0.2, 0.25) is 0 Å². The van der Waals surface area contributed by atoms with Gasteiger partial charge in [-0.25, -0.2) is 0 Å². The van der Waals surface area contributed by atoms with Crippen LogP contribution in [0.4, 0.5) is 0 Å². The molecular formula is C19H31NO4. The Morgan fingerprint density at radius 3 is 2.71 bits per heavy atom. The van der Waals surface area contributed by atoms with Gasteiger partial charge in [0.15, 0.2) is 11.5 Å². The molecule has 1 N–H and O–H groups in total. The van der Waals surface area contributed by atoms with E-state index in [-0.39, 0.29) is 0 Å². The van der Waals surface area contributed by atoms with Gasteiger partial charge in [-0.2, -0.15) is 0 Å². The number of methoxy groups -OCH3 is 2. The molecule has 1 aromatic rings. The summed E-state index contributed by atoms with van der Waals surface area (Å²) in [6, 6.07) is 6.33. The second kappa shape index (κ2) is 9.87. The zero-order valence-corrected chi connectivity index (χ0v) is 15.2. The zero-order chi connectivity index (χ0) is 17.4. The first kappa shape index (κ1) is 19.0. The van der Waals surface area contributed by atoms with Crippen molar-refractivity contribution < 1.29 is 19.3 Å². The predicted molar refractivity (Wildman–Crippen MR) is 94.7 cm³/mol. The summed E-state index contributed by atoms with van der Waals surface area (Å²) in [5.41, 5.74) is 1.00. The SMILES string of the molecule is CCC1CCCCN1CC(O)COCc1ccc(OC)c(OC)c1. The molecule has 0 aliphatic carbocycles. The molecule has 2 atom stereocenters.